The van der Waals surface area contributed by atoms with Gasteiger partial charge in [0.05, 0.1) is 13.3 Å². The van der Waals surface area contributed by atoms with E-state index in [4.69, 9.17) is 4.74 Å². The van der Waals surface area contributed by atoms with Crippen LogP contribution in [-0.4, -0.2) is 33.3 Å². The third kappa shape index (κ3) is 4.94. The Balaban J connectivity index is 1.84. The number of aromatic hydroxyl groups is 1. The van der Waals surface area contributed by atoms with Gasteiger partial charge in [0.25, 0.3) is 0 Å². The molecule has 0 bridgehead atoms. The smallest absolute Gasteiger partial charge is 0.212 e. The second kappa shape index (κ2) is 9.75. The molecule has 0 saturated carbocycles. The molecule has 0 radical (unpaired) electrons. The van der Waals surface area contributed by atoms with Gasteiger partial charge < -0.3 is 9.84 Å². The molecule has 1 heterocycles. The lowest BCUT2D eigenvalue weighted by atomic mass is 10.2. The van der Waals surface area contributed by atoms with E-state index in [1.165, 1.54) is 12.7 Å². The molecule has 0 fully saturated rings. The van der Waals surface area contributed by atoms with Gasteiger partial charge in [0.2, 0.25) is 5.16 Å². The summed E-state index contributed by atoms with van der Waals surface area (Å²) in [5, 5.41) is 24.1. The van der Waals surface area contributed by atoms with Crippen molar-refractivity contribution in [1.82, 2.24) is 14.9 Å². The average Bonchev–Trinajstić information content (AvgIpc) is 3.08. The maximum absolute atomic E-state index is 10.3. The topological polar surface area (TPSA) is 72.5 Å². The third-order valence-electron chi connectivity index (χ3n) is 3.99. The molecule has 0 atom stereocenters. The number of halogens is 1. The van der Waals surface area contributed by atoms with E-state index in [2.05, 4.69) is 50.3 Å². The first kappa shape index (κ1) is 20.4. The van der Waals surface area contributed by atoms with Gasteiger partial charge in [0.1, 0.15) is 0 Å². The summed E-state index contributed by atoms with van der Waals surface area (Å²) in [5.41, 5.74) is 1.76. The van der Waals surface area contributed by atoms with Crippen LogP contribution < -0.4 is 4.74 Å². The zero-order valence-electron chi connectivity index (χ0n) is 15.7. The number of phenols is 1. The Hall–Kier alpha value is -2.32. The summed E-state index contributed by atoms with van der Waals surface area (Å²) < 4.78 is 7.95. The first-order valence-corrected chi connectivity index (χ1v) is 10.6. The zero-order chi connectivity index (χ0) is 19.9. The highest BCUT2D eigenvalue weighted by Gasteiger charge is 2.12. The van der Waals surface area contributed by atoms with Crippen molar-refractivity contribution in [2.75, 3.05) is 7.11 Å². The molecule has 3 rings (SSSR count). The quantitative estimate of drug-likeness (QED) is 0.382. The van der Waals surface area contributed by atoms with E-state index >= 15 is 0 Å². The number of phenolic OH excluding ortho intramolecular Hbond substituents is 1. The monoisotopic (exact) mass is 460 g/mol. The zero-order valence-corrected chi connectivity index (χ0v) is 18.1. The number of ether oxygens (including phenoxy) is 1. The Bertz CT molecular complexity index is 957. The van der Waals surface area contributed by atoms with E-state index in [0.29, 0.717) is 16.5 Å². The van der Waals surface area contributed by atoms with Gasteiger partial charge in [0, 0.05) is 22.2 Å². The minimum atomic E-state index is 0.0583. The van der Waals surface area contributed by atoms with E-state index < -0.39 is 0 Å². The van der Waals surface area contributed by atoms with Crippen molar-refractivity contribution in [3.8, 4) is 11.5 Å². The summed E-state index contributed by atoms with van der Waals surface area (Å²) in [6, 6.07) is 13.5. The Labute approximate surface area is 176 Å². The lowest BCUT2D eigenvalue weighted by Gasteiger charge is -2.06. The number of nitrogens with zero attached hydrogens (tertiary/aromatic N) is 4. The fraction of sp³-hybridized carbons (Fsp3) is 0.250. The van der Waals surface area contributed by atoms with Crippen LogP contribution in [0.3, 0.4) is 0 Å². The number of hydrogen-bond acceptors (Lipinski definition) is 6. The van der Waals surface area contributed by atoms with Crippen LogP contribution >= 0.6 is 27.7 Å². The van der Waals surface area contributed by atoms with Gasteiger partial charge in [-0.3, -0.25) is 0 Å². The molecule has 28 heavy (non-hydrogen) atoms. The third-order valence-corrected chi connectivity index (χ3v) is 5.51. The molecular formula is C20H21BrN4O2S. The van der Waals surface area contributed by atoms with Gasteiger partial charge in [-0.15, -0.1) is 10.2 Å². The average molecular weight is 461 g/mol. The molecule has 0 aliphatic heterocycles. The molecule has 0 unspecified atom stereocenters. The summed E-state index contributed by atoms with van der Waals surface area (Å²) in [7, 11) is 1.52. The second-order valence-corrected chi connectivity index (χ2v) is 7.88. The Kier molecular flexibility index (Phi) is 7.11. The summed E-state index contributed by atoms with van der Waals surface area (Å²) in [6.45, 7) is 2.09. The molecule has 0 spiro atoms. The van der Waals surface area contributed by atoms with Crippen molar-refractivity contribution in [1.29, 1.82) is 0 Å². The van der Waals surface area contributed by atoms with Crippen LogP contribution in [0, 0.1) is 0 Å². The van der Waals surface area contributed by atoms with Gasteiger partial charge >= 0.3 is 0 Å². The number of aryl methyl sites for hydroxylation is 1. The largest absolute Gasteiger partial charge is 0.504 e. The van der Waals surface area contributed by atoms with E-state index in [1.807, 2.05) is 18.2 Å². The maximum Gasteiger partial charge on any atom is 0.212 e. The SMILES string of the molecule is CCCc1nnc(SCc2ccc(Br)cc2)n1/N=C/c1cccc(OC)c1O. The fourth-order valence-electron chi connectivity index (χ4n) is 2.54. The van der Waals surface area contributed by atoms with Crippen LogP contribution in [0.25, 0.3) is 0 Å². The van der Waals surface area contributed by atoms with Crippen LogP contribution in [0.4, 0.5) is 0 Å². The molecule has 2 aromatic carbocycles. The lowest BCUT2D eigenvalue weighted by molar-refractivity contribution is 0.373. The number of thioether (sulfide) groups is 1. The van der Waals surface area contributed by atoms with Gasteiger partial charge in [-0.2, -0.15) is 9.78 Å². The number of benzene rings is 2. The van der Waals surface area contributed by atoms with Crippen molar-refractivity contribution in [3.63, 3.8) is 0 Å². The van der Waals surface area contributed by atoms with E-state index in [1.54, 1.807) is 34.8 Å². The fourth-order valence-corrected chi connectivity index (χ4v) is 3.66. The predicted octanol–water partition coefficient (Wildman–Crippen LogP) is 4.88. The van der Waals surface area contributed by atoms with Gasteiger partial charge in [-0.1, -0.05) is 52.8 Å². The van der Waals surface area contributed by atoms with Crippen LogP contribution in [0.1, 0.15) is 30.3 Å². The second-order valence-electron chi connectivity index (χ2n) is 6.02. The normalized spacial score (nSPS) is 11.2. The molecule has 146 valence electrons. The molecule has 0 saturated heterocycles. The highest BCUT2D eigenvalue weighted by molar-refractivity contribution is 9.10. The first-order valence-electron chi connectivity index (χ1n) is 8.84. The van der Waals surface area contributed by atoms with Crippen LogP contribution in [-0.2, 0) is 12.2 Å². The van der Waals surface area contributed by atoms with Crippen molar-refractivity contribution in [2.45, 2.75) is 30.7 Å². The maximum atomic E-state index is 10.3. The molecule has 0 amide bonds. The van der Waals surface area contributed by atoms with Crippen molar-refractivity contribution >= 4 is 33.9 Å². The van der Waals surface area contributed by atoms with Gasteiger partial charge in [-0.05, 0) is 36.2 Å². The van der Waals surface area contributed by atoms with Gasteiger partial charge in [0.15, 0.2) is 17.3 Å². The first-order chi connectivity index (χ1) is 13.6. The van der Waals surface area contributed by atoms with Gasteiger partial charge in [-0.25, -0.2) is 0 Å². The Morgan fingerprint density at radius 2 is 2.00 bits per heavy atom. The highest BCUT2D eigenvalue weighted by Crippen LogP contribution is 2.28. The molecule has 3 aromatic rings. The van der Waals surface area contributed by atoms with E-state index in [0.717, 1.165) is 28.9 Å². The Morgan fingerprint density at radius 1 is 1.21 bits per heavy atom. The number of methoxy groups -OCH3 is 1. The van der Waals surface area contributed by atoms with Crippen LogP contribution in [0.5, 0.6) is 11.5 Å². The van der Waals surface area contributed by atoms with Crippen LogP contribution in [0.2, 0.25) is 0 Å². The molecule has 1 aromatic heterocycles. The molecular weight excluding hydrogens is 440 g/mol. The van der Waals surface area contributed by atoms with Crippen molar-refractivity contribution < 1.29 is 9.84 Å². The summed E-state index contributed by atoms with van der Waals surface area (Å²) >= 11 is 5.02. The molecule has 8 heteroatoms. The minimum Gasteiger partial charge on any atom is -0.504 e. The molecule has 1 N–H and O–H groups in total. The number of aromatic nitrogens is 3. The summed E-state index contributed by atoms with van der Waals surface area (Å²) in [6.07, 6.45) is 3.31. The number of para-hydroxylation sites is 1. The number of hydrogen-bond donors (Lipinski definition) is 1. The minimum absolute atomic E-state index is 0.0583. The number of rotatable bonds is 8. The standard InChI is InChI=1S/C20H21BrN4O2S/c1-3-5-18-23-24-20(28-13-14-8-10-16(21)11-9-14)25(18)22-12-15-6-4-7-17(27-2)19(15)26/h4,6-12,26H,3,5,13H2,1-2H3/b22-12+. The van der Waals surface area contributed by atoms with Crippen LogP contribution in [0.15, 0.2) is 57.2 Å². The van der Waals surface area contributed by atoms with E-state index in [9.17, 15) is 5.11 Å². The van der Waals surface area contributed by atoms with Crippen molar-refractivity contribution in [3.05, 3.63) is 63.9 Å². The predicted molar refractivity (Wildman–Crippen MR) is 115 cm³/mol. The molecule has 0 aliphatic carbocycles. The summed E-state index contributed by atoms with van der Waals surface area (Å²) in [4.78, 5) is 0. The highest BCUT2D eigenvalue weighted by atomic mass is 79.9. The molecule has 0 aliphatic rings. The Morgan fingerprint density at radius 3 is 2.71 bits per heavy atom. The van der Waals surface area contributed by atoms with Crippen molar-refractivity contribution in [2.24, 2.45) is 5.10 Å². The van der Waals surface area contributed by atoms with E-state index in [-0.39, 0.29) is 5.75 Å². The molecule has 6 nitrogen and oxygen atoms in total. The lowest BCUT2D eigenvalue weighted by Crippen LogP contribution is -2.00. The summed E-state index contributed by atoms with van der Waals surface area (Å²) in [5.74, 6) is 2.02.